The van der Waals surface area contributed by atoms with Gasteiger partial charge >= 0.3 is 0 Å². The van der Waals surface area contributed by atoms with Gasteiger partial charge in [-0.05, 0) is 38.0 Å². The second-order valence-electron chi connectivity index (χ2n) is 6.90. The Bertz CT molecular complexity index is 831. The molecule has 2 aromatic heterocycles. The Morgan fingerprint density at radius 2 is 2.16 bits per heavy atom. The standard InChI is InChI=1S/C20H22N4O/c1-13-11-22-14(2)16-10-15(12-23-19(13)16)20(25)24-9-5-7-18(24)17-6-3-4-8-21-17/h3-4,6,8,10,12-13,18H,5,7,9,11H2,1-2H3/t13-,18?/m0/s1. The number of likely N-dealkylation sites (tertiary alicyclic amines) is 1. The summed E-state index contributed by atoms with van der Waals surface area (Å²) in [5, 5.41) is 0. The smallest absolute Gasteiger partial charge is 0.256 e. The highest BCUT2D eigenvalue weighted by atomic mass is 16.2. The van der Waals surface area contributed by atoms with Crippen molar-refractivity contribution in [1.29, 1.82) is 0 Å². The molecule has 0 spiro atoms. The molecule has 0 bridgehead atoms. The van der Waals surface area contributed by atoms with Gasteiger partial charge in [-0.2, -0.15) is 0 Å². The topological polar surface area (TPSA) is 58.5 Å². The van der Waals surface area contributed by atoms with Crippen LogP contribution >= 0.6 is 0 Å². The highest BCUT2D eigenvalue weighted by Gasteiger charge is 2.32. The molecule has 2 aromatic rings. The van der Waals surface area contributed by atoms with E-state index in [2.05, 4.69) is 21.9 Å². The molecule has 2 atom stereocenters. The van der Waals surface area contributed by atoms with Crippen LogP contribution < -0.4 is 0 Å². The van der Waals surface area contributed by atoms with Crippen molar-refractivity contribution in [3.63, 3.8) is 0 Å². The summed E-state index contributed by atoms with van der Waals surface area (Å²) < 4.78 is 0. The number of carbonyl (C=O) groups excluding carboxylic acids is 1. The summed E-state index contributed by atoms with van der Waals surface area (Å²) in [6.07, 6.45) is 5.48. The summed E-state index contributed by atoms with van der Waals surface area (Å²) in [5.41, 5.74) is 4.64. The Morgan fingerprint density at radius 3 is 2.96 bits per heavy atom. The van der Waals surface area contributed by atoms with Crippen molar-refractivity contribution in [2.24, 2.45) is 4.99 Å². The van der Waals surface area contributed by atoms with E-state index in [1.165, 1.54) is 0 Å². The van der Waals surface area contributed by atoms with E-state index < -0.39 is 0 Å². The van der Waals surface area contributed by atoms with E-state index in [4.69, 9.17) is 0 Å². The van der Waals surface area contributed by atoms with Crippen LogP contribution in [0.5, 0.6) is 0 Å². The number of hydrogen-bond donors (Lipinski definition) is 0. The molecule has 0 aromatic carbocycles. The average molecular weight is 334 g/mol. The number of aliphatic imine (C=N–C) groups is 1. The molecule has 0 radical (unpaired) electrons. The predicted octanol–water partition coefficient (Wildman–Crippen LogP) is 3.38. The van der Waals surface area contributed by atoms with Gasteiger partial charge in [0.15, 0.2) is 0 Å². The summed E-state index contributed by atoms with van der Waals surface area (Å²) in [5.74, 6) is 0.338. The molecular formula is C20H22N4O. The van der Waals surface area contributed by atoms with Crippen LogP contribution in [0.1, 0.15) is 66.0 Å². The summed E-state index contributed by atoms with van der Waals surface area (Å²) in [4.78, 5) is 28.7. The molecular weight excluding hydrogens is 312 g/mol. The fraction of sp³-hybridized carbons (Fsp3) is 0.400. The molecule has 1 saturated heterocycles. The quantitative estimate of drug-likeness (QED) is 0.846. The molecule has 0 saturated carbocycles. The fourth-order valence-electron chi connectivity index (χ4n) is 3.78. The van der Waals surface area contributed by atoms with Crippen molar-refractivity contribution in [1.82, 2.24) is 14.9 Å². The van der Waals surface area contributed by atoms with Gasteiger partial charge in [-0.15, -0.1) is 0 Å². The largest absolute Gasteiger partial charge is 0.330 e. The fourth-order valence-corrected chi connectivity index (χ4v) is 3.78. The summed E-state index contributed by atoms with van der Waals surface area (Å²) in [6.45, 7) is 5.65. The molecule has 2 aliphatic heterocycles. The van der Waals surface area contributed by atoms with Crippen molar-refractivity contribution in [2.45, 2.75) is 38.6 Å². The Kier molecular flexibility index (Phi) is 4.07. The molecule has 0 N–H and O–H groups in total. The monoisotopic (exact) mass is 334 g/mol. The summed E-state index contributed by atoms with van der Waals surface area (Å²) >= 11 is 0. The first-order chi connectivity index (χ1) is 12.1. The normalized spacial score (nSPS) is 22.5. The van der Waals surface area contributed by atoms with Gasteiger partial charge in [0.25, 0.3) is 5.91 Å². The lowest BCUT2D eigenvalue weighted by atomic mass is 9.95. The number of fused-ring (bicyclic) bond motifs is 1. The SMILES string of the molecule is CC1=NC[C@H](C)c2ncc(C(=O)N3CCCC3c3ccccn3)cc21. The first-order valence-corrected chi connectivity index (χ1v) is 8.88. The van der Waals surface area contributed by atoms with Crippen LogP contribution in [0.15, 0.2) is 41.7 Å². The molecule has 5 nitrogen and oxygen atoms in total. The van der Waals surface area contributed by atoms with E-state index in [0.717, 1.165) is 48.6 Å². The van der Waals surface area contributed by atoms with Crippen molar-refractivity contribution in [2.75, 3.05) is 13.1 Å². The summed E-state index contributed by atoms with van der Waals surface area (Å²) in [6, 6.07) is 7.90. The van der Waals surface area contributed by atoms with E-state index in [1.807, 2.05) is 36.1 Å². The molecule has 4 heterocycles. The number of aromatic nitrogens is 2. The van der Waals surface area contributed by atoms with Crippen molar-refractivity contribution in [3.05, 3.63) is 59.2 Å². The minimum atomic E-state index is 0.0366. The van der Waals surface area contributed by atoms with Crippen LogP contribution in [0.3, 0.4) is 0 Å². The van der Waals surface area contributed by atoms with Crippen LogP contribution in [-0.2, 0) is 0 Å². The van der Waals surface area contributed by atoms with Gasteiger partial charge in [0.05, 0.1) is 23.0 Å². The lowest BCUT2D eigenvalue weighted by Gasteiger charge is -2.25. The number of hydrogen-bond acceptors (Lipinski definition) is 4. The highest BCUT2D eigenvalue weighted by Crippen LogP contribution is 2.32. The minimum Gasteiger partial charge on any atom is -0.330 e. The van der Waals surface area contributed by atoms with E-state index in [0.29, 0.717) is 11.5 Å². The van der Waals surface area contributed by atoms with Gasteiger partial charge in [0, 0.05) is 42.7 Å². The highest BCUT2D eigenvalue weighted by molar-refractivity contribution is 6.03. The zero-order valence-electron chi connectivity index (χ0n) is 14.6. The lowest BCUT2D eigenvalue weighted by Crippen LogP contribution is -2.31. The number of carbonyl (C=O) groups is 1. The second kappa shape index (κ2) is 6.39. The Morgan fingerprint density at radius 1 is 1.28 bits per heavy atom. The zero-order chi connectivity index (χ0) is 17.4. The Hall–Kier alpha value is -2.56. The minimum absolute atomic E-state index is 0.0366. The average Bonchev–Trinajstić information content (AvgIpc) is 3.14. The van der Waals surface area contributed by atoms with Crippen LogP contribution in [0.2, 0.25) is 0 Å². The molecule has 1 fully saturated rings. The van der Waals surface area contributed by atoms with Crippen molar-refractivity contribution >= 4 is 11.6 Å². The number of pyridine rings is 2. The molecule has 128 valence electrons. The zero-order valence-corrected chi connectivity index (χ0v) is 14.6. The van der Waals surface area contributed by atoms with E-state index in [9.17, 15) is 4.79 Å². The van der Waals surface area contributed by atoms with Gasteiger partial charge in [0.2, 0.25) is 0 Å². The molecule has 4 rings (SSSR count). The number of amides is 1. The predicted molar refractivity (Wildman–Crippen MR) is 97.0 cm³/mol. The van der Waals surface area contributed by atoms with Gasteiger partial charge in [0.1, 0.15) is 0 Å². The van der Waals surface area contributed by atoms with Crippen LogP contribution in [0.25, 0.3) is 0 Å². The molecule has 1 unspecified atom stereocenters. The lowest BCUT2D eigenvalue weighted by molar-refractivity contribution is 0.0732. The second-order valence-corrected chi connectivity index (χ2v) is 6.90. The maximum atomic E-state index is 13.1. The van der Waals surface area contributed by atoms with Crippen molar-refractivity contribution in [3.8, 4) is 0 Å². The maximum Gasteiger partial charge on any atom is 0.256 e. The molecule has 1 amide bonds. The number of rotatable bonds is 2. The van der Waals surface area contributed by atoms with Gasteiger partial charge in [-0.1, -0.05) is 13.0 Å². The summed E-state index contributed by atoms with van der Waals surface area (Å²) in [7, 11) is 0. The Labute approximate surface area is 147 Å². The van der Waals surface area contributed by atoms with E-state index >= 15 is 0 Å². The van der Waals surface area contributed by atoms with Crippen LogP contribution in [-0.4, -0.2) is 39.6 Å². The molecule has 2 aliphatic rings. The molecule has 0 aliphatic carbocycles. The van der Waals surface area contributed by atoms with Crippen molar-refractivity contribution < 1.29 is 4.79 Å². The third-order valence-electron chi connectivity index (χ3n) is 5.17. The van der Waals surface area contributed by atoms with Gasteiger partial charge < -0.3 is 4.90 Å². The maximum absolute atomic E-state index is 13.1. The Balaban J connectivity index is 1.65. The molecule has 25 heavy (non-hydrogen) atoms. The number of nitrogens with zero attached hydrogens (tertiary/aromatic N) is 4. The van der Waals surface area contributed by atoms with E-state index in [1.54, 1.807) is 12.4 Å². The third-order valence-corrected chi connectivity index (χ3v) is 5.17. The van der Waals surface area contributed by atoms with Crippen LogP contribution in [0, 0.1) is 0 Å². The molecule has 5 heteroatoms. The first-order valence-electron chi connectivity index (χ1n) is 8.88. The van der Waals surface area contributed by atoms with Gasteiger partial charge in [-0.25, -0.2) is 0 Å². The third kappa shape index (κ3) is 2.84. The van der Waals surface area contributed by atoms with E-state index in [-0.39, 0.29) is 11.9 Å². The first kappa shape index (κ1) is 15.9. The van der Waals surface area contributed by atoms with Gasteiger partial charge in [-0.3, -0.25) is 19.8 Å². The van der Waals surface area contributed by atoms with Crippen LogP contribution in [0.4, 0.5) is 0 Å².